The molecule has 8 heteroatoms. The van der Waals surface area contributed by atoms with E-state index in [1.807, 2.05) is 6.07 Å². The predicted molar refractivity (Wildman–Crippen MR) is 69.7 cm³/mol. The number of nitrogens with one attached hydrogen (secondary N) is 1. The molecule has 0 atom stereocenters. The summed E-state index contributed by atoms with van der Waals surface area (Å²) >= 11 is 0. The van der Waals surface area contributed by atoms with Gasteiger partial charge in [-0.2, -0.15) is 5.26 Å². The van der Waals surface area contributed by atoms with Crippen molar-refractivity contribution in [3.05, 3.63) is 39.8 Å². The number of azide groups is 1. The van der Waals surface area contributed by atoms with E-state index in [0.29, 0.717) is 17.5 Å². The van der Waals surface area contributed by atoms with Crippen molar-refractivity contribution >= 4 is 10.0 Å². The molecular weight excluding hydrogens is 266 g/mol. The Labute approximate surface area is 111 Å². The molecule has 1 aromatic carbocycles. The van der Waals surface area contributed by atoms with Crippen LogP contribution in [0.5, 0.6) is 0 Å². The second kappa shape index (κ2) is 6.75. The van der Waals surface area contributed by atoms with Crippen LogP contribution in [0.25, 0.3) is 10.4 Å². The van der Waals surface area contributed by atoms with Crippen molar-refractivity contribution in [2.24, 2.45) is 5.11 Å². The highest BCUT2D eigenvalue weighted by Gasteiger charge is 2.16. The number of sulfonamides is 1. The standard InChI is InChI=1S/C11H13N5O2S/c1-9-7-10(8-12)3-4-11(9)19(17,18)15-6-2-5-14-16-13/h3-4,7,15H,2,5-6H2,1H3. The molecule has 0 unspecified atom stereocenters. The number of nitrogens with zero attached hydrogens (tertiary/aromatic N) is 4. The maximum Gasteiger partial charge on any atom is 0.240 e. The van der Waals surface area contributed by atoms with E-state index in [1.54, 1.807) is 6.92 Å². The average molecular weight is 279 g/mol. The molecule has 0 amide bonds. The van der Waals surface area contributed by atoms with Gasteiger partial charge in [-0.15, -0.1) is 0 Å². The van der Waals surface area contributed by atoms with Crippen LogP contribution in [-0.4, -0.2) is 21.5 Å². The van der Waals surface area contributed by atoms with E-state index in [9.17, 15) is 8.42 Å². The van der Waals surface area contributed by atoms with Crippen molar-refractivity contribution in [3.8, 4) is 6.07 Å². The third kappa shape index (κ3) is 4.26. The fraction of sp³-hybridized carbons (Fsp3) is 0.364. The Balaban J connectivity index is 2.78. The van der Waals surface area contributed by atoms with Crippen LogP contribution in [0, 0.1) is 18.3 Å². The van der Waals surface area contributed by atoms with Gasteiger partial charge in [0.1, 0.15) is 0 Å². The average Bonchev–Trinajstić information content (AvgIpc) is 2.37. The highest BCUT2D eigenvalue weighted by molar-refractivity contribution is 7.89. The van der Waals surface area contributed by atoms with E-state index in [1.165, 1.54) is 18.2 Å². The first-order chi connectivity index (χ1) is 9.01. The minimum atomic E-state index is -3.60. The lowest BCUT2D eigenvalue weighted by atomic mass is 10.2. The summed E-state index contributed by atoms with van der Waals surface area (Å²) in [6.07, 6.45) is 0.429. The summed E-state index contributed by atoms with van der Waals surface area (Å²) in [6, 6.07) is 6.34. The molecule has 7 nitrogen and oxygen atoms in total. The van der Waals surface area contributed by atoms with Gasteiger partial charge in [-0.3, -0.25) is 0 Å². The molecule has 0 saturated carbocycles. The number of hydrogen-bond acceptors (Lipinski definition) is 4. The summed E-state index contributed by atoms with van der Waals surface area (Å²) in [5.41, 5.74) is 9.01. The fourth-order valence-corrected chi connectivity index (χ4v) is 2.80. The molecular formula is C11H13N5O2S. The third-order valence-electron chi connectivity index (χ3n) is 2.38. The van der Waals surface area contributed by atoms with Crippen LogP contribution in [-0.2, 0) is 10.0 Å². The lowest BCUT2D eigenvalue weighted by Crippen LogP contribution is -2.25. The molecule has 0 fully saturated rings. The van der Waals surface area contributed by atoms with Crippen LogP contribution < -0.4 is 4.72 Å². The summed E-state index contributed by atoms with van der Waals surface area (Å²) in [5, 5.41) is 12.0. The maximum atomic E-state index is 12.0. The highest BCUT2D eigenvalue weighted by Crippen LogP contribution is 2.16. The Morgan fingerprint density at radius 3 is 2.84 bits per heavy atom. The number of benzene rings is 1. The molecule has 19 heavy (non-hydrogen) atoms. The summed E-state index contributed by atoms with van der Waals surface area (Å²) in [7, 11) is -3.60. The molecule has 0 aliphatic rings. The Kier molecular flexibility index (Phi) is 5.33. The van der Waals surface area contributed by atoms with Gasteiger partial charge >= 0.3 is 0 Å². The molecule has 0 radical (unpaired) electrons. The summed E-state index contributed by atoms with van der Waals surface area (Å²) in [4.78, 5) is 2.73. The van der Waals surface area contributed by atoms with Crippen molar-refractivity contribution in [2.75, 3.05) is 13.1 Å². The summed E-state index contributed by atoms with van der Waals surface area (Å²) in [6.45, 7) is 2.07. The first-order valence-electron chi connectivity index (χ1n) is 5.52. The maximum absolute atomic E-state index is 12.0. The van der Waals surface area contributed by atoms with Crippen LogP contribution in [0.1, 0.15) is 17.5 Å². The molecule has 0 aliphatic carbocycles. The van der Waals surface area contributed by atoms with Crippen molar-refractivity contribution in [3.63, 3.8) is 0 Å². The molecule has 0 bridgehead atoms. The quantitative estimate of drug-likeness (QED) is 0.370. The van der Waals surface area contributed by atoms with Gasteiger partial charge in [0, 0.05) is 18.0 Å². The number of aryl methyl sites for hydroxylation is 1. The van der Waals surface area contributed by atoms with Gasteiger partial charge in [0.25, 0.3) is 0 Å². The first kappa shape index (κ1) is 15.0. The third-order valence-corrected chi connectivity index (χ3v) is 4.01. The monoisotopic (exact) mass is 279 g/mol. The van der Waals surface area contributed by atoms with Crippen LogP contribution in [0.4, 0.5) is 0 Å². The van der Waals surface area contributed by atoms with Crippen molar-refractivity contribution in [1.82, 2.24) is 4.72 Å². The van der Waals surface area contributed by atoms with E-state index >= 15 is 0 Å². The first-order valence-corrected chi connectivity index (χ1v) is 7.01. The predicted octanol–water partition coefficient (Wildman–Crippen LogP) is 1.85. The Morgan fingerprint density at radius 1 is 1.53 bits per heavy atom. The molecule has 1 aromatic rings. The molecule has 0 saturated heterocycles. The van der Waals surface area contributed by atoms with E-state index in [-0.39, 0.29) is 18.0 Å². The van der Waals surface area contributed by atoms with Gasteiger partial charge in [-0.25, -0.2) is 13.1 Å². The lowest BCUT2D eigenvalue weighted by Gasteiger charge is -2.08. The van der Waals surface area contributed by atoms with Crippen LogP contribution in [0.15, 0.2) is 28.2 Å². The molecule has 0 aromatic heterocycles. The van der Waals surface area contributed by atoms with E-state index in [2.05, 4.69) is 14.7 Å². The summed E-state index contributed by atoms with van der Waals surface area (Å²) in [5.74, 6) is 0. The van der Waals surface area contributed by atoms with Gasteiger partial charge < -0.3 is 0 Å². The minimum Gasteiger partial charge on any atom is -0.211 e. The van der Waals surface area contributed by atoms with Crippen molar-refractivity contribution < 1.29 is 8.42 Å². The molecule has 100 valence electrons. The van der Waals surface area contributed by atoms with Gasteiger partial charge in [0.15, 0.2) is 0 Å². The Bertz CT molecular complexity index is 642. The van der Waals surface area contributed by atoms with E-state index in [0.717, 1.165) is 0 Å². The van der Waals surface area contributed by atoms with Crippen LogP contribution in [0.2, 0.25) is 0 Å². The van der Waals surface area contributed by atoms with Gasteiger partial charge in [-0.05, 0) is 42.6 Å². The van der Waals surface area contributed by atoms with Gasteiger partial charge in [0.05, 0.1) is 16.5 Å². The van der Waals surface area contributed by atoms with Crippen molar-refractivity contribution in [1.29, 1.82) is 5.26 Å². The zero-order valence-electron chi connectivity index (χ0n) is 10.4. The second-order valence-corrected chi connectivity index (χ2v) is 5.53. The second-order valence-electron chi connectivity index (χ2n) is 3.80. The minimum absolute atomic E-state index is 0.148. The van der Waals surface area contributed by atoms with Crippen molar-refractivity contribution in [2.45, 2.75) is 18.2 Å². The summed E-state index contributed by atoms with van der Waals surface area (Å²) < 4.78 is 26.4. The number of hydrogen-bond donors (Lipinski definition) is 1. The molecule has 0 heterocycles. The van der Waals surface area contributed by atoms with Gasteiger partial charge in [-0.1, -0.05) is 5.11 Å². The smallest absolute Gasteiger partial charge is 0.211 e. The fourth-order valence-electron chi connectivity index (χ4n) is 1.50. The Morgan fingerprint density at radius 2 is 2.26 bits per heavy atom. The van der Waals surface area contributed by atoms with E-state index < -0.39 is 10.0 Å². The normalized spacial score (nSPS) is 10.5. The zero-order chi connectivity index (χ0) is 14.3. The molecule has 0 spiro atoms. The highest BCUT2D eigenvalue weighted by atomic mass is 32.2. The number of rotatable bonds is 6. The number of nitriles is 1. The SMILES string of the molecule is Cc1cc(C#N)ccc1S(=O)(=O)NCCCN=[N+]=[N-]. The topological polar surface area (TPSA) is 119 Å². The largest absolute Gasteiger partial charge is 0.240 e. The molecule has 1 rings (SSSR count). The molecule has 1 N–H and O–H groups in total. The lowest BCUT2D eigenvalue weighted by molar-refractivity contribution is 0.579. The van der Waals surface area contributed by atoms with E-state index in [4.69, 9.17) is 10.8 Å². The van der Waals surface area contributed by atoms with Crippen LogP contribution in [0.3, 0.4) is 0 Å². The molecule has 0 aliphatic heterocycles. The van der Waals surface area contributed by atoms with Crippen LogP contribution >= 0.6 is 0 Å². The van der Waals surface area contributed by atoms with Gasteiger partial charge in [0.2, 0.25) is 10.0 Å². The zero-order valence-corrected chi connectivity index (χ0v) is 11.2. The Hall–Kier alpha value is -2.07.